The van der Waals surface area contributed by atoms with Gasteiger partial charge >= 0.3 is 5.97 Å². The highest BCUT2D eigenvalue weighted by Gasteiger charge is 2.54. The number of rotatable bonds is 6. The molecule has 0 bridgehead atoms. The number of aromatic nitrogens is 1. The number of aryl methyl sites for hydroxylation is 2. The highest BCUT2D eigenvalue weighted by molar-refractivity contribution is 5.78. The minimum Gasteiger partial charge on any atom is -0.466 e. The molecule has 2 saturated heterocycles. The van der Waals surface area contributed by atoms with E-state index in [9.17, 15) is 4.79 Å². The monoisotopic (exact) mass is 411 g/mol. The van der Waals surface area contributed by atoms with Gasteiger partial charge in [0.2, 0.25) is 0 Å². The lowest BCUT2D eigenvalue weighted by Crippen LogP contribution is -2.42. The Hall–Kier alpha value is -2.18. The van der Waals surface area contributed by atoms with Gasteiger partial charge in [-0.25, -0.2) is 0 Å². The van der Waals surface area contributed by atoms with Crippen LogP contribution in [0.4, 0.5) is 0 Å². The van der Waals surface area contributed by atoms with Crippen LogP contribution in [0, 0.1) is 25.2 Å². The van der Waals surface area contributed by atoms with E-state index in [-0.39, 0.29) is 11.9 Å². The molecule has 2 atom stereocenters. The zero-order valence-electron chi connectivity index (χ0n) is 18.4. The van der Waals surface area contributed by atoms with Crippen molar-refractivity contribution in [2.75, 3.05) is 32.8 Å². The molecule has 162 valence electrons. The number of hydrogen-bond acceptors (Lipinski definition) is 6. The first-order chi connectivity index (χ1) is 14.5. The summed E-state index contributed by atoms with van der Waals surface area (Å²) in [6.07, 6.45) is 1.87. The number of carbonyl (C=O) groups is 1. The van der Waals surface area contributed by atoms with Gasteiger partial charge in [0.25, 0.3) is 0 Å². The molecule has 0 amide bonds. The first-order valence-electron chi connectivity index (χ1n) is 11.1. The number of esters is 1. The van der Waals surface area contributed by atoms with Crippen molar-refractivity contribution in [1.82, 2.24) is 14.8 Å². The lowest BCUT2D eigenvalue weighted by molar-refractivity contribution is -0.157. The van der Waals surface area contributed by atoms with E-state index in [1.165, 1.54) is 0 Å². The molecule has 2 aliphatic heterocycles. The third-order valence-electron chi connectivity index (χ3n) is 6.53. The van der Waals surface area contributed by atoms with Crippen LogP contribution < -0.4 is 0 Å². The van der Waals surface area contributed by atoms with Crippen LogP contribution in [0.2, 0.25) is 0 Å². The van der Waals surface area contributed by atoms with Gasteiger partial charge in [-0.2, -0.15) is 0 Å². The van der Waals surface area contributed by atoms with Crippen LogP contribution in [0.1, 0.15) is 42.7 Å². The van der Waals surface area contributed by atoms with Gasteiger partial charge in [-0.05, 0) is 64.4 Å². The summed E-state index contributed by atoms with van der Waals surface area (Å²) in [4.78, 5) is 22.7. The molecule has 2 aromatic heterocycles. The minimum atomic E-state index is -0.423. The Morgan fingerprint density at radius 2 is 2.03 bits per heavy atom. The normalized spacial score (nSPS) is 25.1. The molecule has 6 nitrogen and oxygen atoms in total. The average Bonchev–Trinajstić information content (AvgIpc) is 3.21. The van der Waals surface area contributed by atoms with Gasteiger partial charge in [-0.3, -0.25) is 19.6 Å². The number of furan rings is 1. The zero-order valence-corrected chi connectivity index (χ0v) is 18.4. The maximum atomic E-state index is 13.2. The SMILES string of the molecule is CCOC(=O)[C@@]12CCCN(Cc3ccc(C)o3)C[C@@H]1CN(Cc1cccc(C)n1)C2. The molecule has 6 heteroatoms. The number of likely N-dealkylation sites (tertiary alicyclic amines) is 2. The Kier molecular flexibility index (Phi) is 6.25. The molecule has 0 spiro atoms. The summed E-state index contributed by atoms with van der Waals surface area (Å²) in [5, 5.41) is 0. The smallest absolute Gasteiger partial charge is 0.313 e. The largest absolute Gasteiger partial charge is 0.466 e. The molecule has 0 radical (unpaired) electrons. The van der Waals surface area contributed by atoms with E-state index in [0.717, 1.165) is 75.0 Å². The Morgan fingerprint density at radius 3 is 2.77 bits per heavy atom. The summed E-state index contributed by atoms with van der Waals surface area (Å²) < 4.78 is 11.4. The molecule has 4 heterocycles. The maximum Gasteiger partial charge on any atom is 0.313 e. The lowest BCUT2D eigenvalue weighted by Gasteiger charge is -2.31. The van der Waals surface area contributed by atoms with Crippen molar-refractivity contribution in [3.05, 3.63) is 53.2 Å². The van der Waals surface area contributed by atoms with Gasteiger partial charge in [-0.15, -0.1) is 0 Å². The van der Waals surface area contributed by atoms with E-state index in [0.29, 0.717) is 6.61 Å². The third kappa shape index (κ3) is 4.44. The molecule has 2 aliphatic rings. The average molecular weight is 412 g/mol. The molecule has 0 aromatic carbocycles. The summed E-state index contributed by atoms with van der Waals surface area (Å²) in [5.74, 6) is 2.17. The van der Waals surface area contributed by atoms with Crippen LogP contribution in [-0.4, -0.2) is 53.5 Å². The van der Waals surface area contributed by atoms with Crippen molar-refractivity contribution in [1.29, 1.82) is 0 Å². The van der Waals surface area contributed by atoms with Gasteiger partial charge in [0.1, 0.15) is 11.5 Å². The second-order valence-corrected chi connectivity index (χ2v) is 8.86. The van der Waals surface area contributed by atoms with Gasteiger partial charge in [-0.1, -0.05) is 6.07 Å². The van der Waals surface area contributed by atoms with Crippen molar-refractivity contribution in [3.8, 4) is 0 Å². The predicted molar refractivity (Wildman–Crippen MR) is 115 cm³/mol. The van der Waals surface area contributed by atoms with Crippen molar-refractivity contribution >= 4 is 5.97 Å². The number of carbonyl (C=O) groups excluding carboxylic acids is 1. The molecule has 0 unspecified atom stereocenters. The standard InChI is InChI=1S/C24H33N3O3/c1-4-29-23(28)24-11-6-12-26(16-22-10-9-19(3)30-22)13-20(24)14-27(17-24)15-21-8-5-7-18(2)25-21/h5,7-10,20H,4,6,11-17H2,1-3H3/t20-,24-/m1/s1. The summed E-state index contributed by atoms with van der Waals surface area (Å²) in [5.41, 5.74) is 1.67. The number of fused-ring (bicyclic) bond motifs is 1. The number of pyridine rings is 1. The topological polar surface area (TPSA) is 58.8 Å². The second-order valence-electron chi connectivity index (χ2n) is 8.86. The van der Waals surface area contributed by atoms with Crippen molar-refractivity contribution in [3.63, 3.8) is 0 Å². The molecule has 2 fully saturated rings. The first-order valence-corrected chi connectivity index (χ1v) is 11.1. The van der Waals surface area contributed by atoms with E-state index in [4.69, 9.17) is 9.15 Å². The number of nitrogens with zero attached hydrogens (tertiary/aromatic N) is 3. The van der Waals surface area contributed by atoms with Crippen LogP contribution in [0.25, 0.3) is 0 Å². The van der Waals surface area contributed by atoms with Crippen LogP contribution in [0.15, 0.2) is 34.7 Å². The zero-order chi connectivity index (χ0) is 21.1. The summed E-state index contributed by atoms with van der Waals surface area (Å²) >= 11 is 0. The Balaban J connectivity index is 1.53. The summed E-state index contributed by atoms with van der Waals surface area (Å²) in [7, 11) is 0. The lowest BCUT2D eigenvalue weighted by atomic mass is 9.75. The van der Waals surface area contributed by atoms with Crippen LogP contribution >= 0.6 is 0 Å². The molecule has 4 rings (SSSR count). The minimum absolute atomic E-state index is 0.0228. The first kappa shape index (κ1) is 21.1. The van der Waals surface area contributed by atoms with Gasteiger partial charge in [0.15, 0.2) is 0 Å². The van der Waals surface area contributed by atoms with E-state index in [2.05, 4.69) is 33.0 Å². The van der Waals surface area contributed by atoms with Gasteiger partial charge < -0.3 is 9.15 Å². The van der Waals surface area contributed by atoms with Gasteiger partial charge in [0.05, 0.1) is 24.3 Å². The second kappa shape index (κ2) is 8.90. The van der Waals surface area contributed by atoms with Crippen LogP contribution in [0.3, 0.4) is 0 Å². The Bertz CT molecular complexity index is 880. The van der Waals surface area contributed by atoms with Crippen molar-refractivity contribution in [2.24, 2.45) is 11.3 Å². The summed E-state index contributed by atoms with van der Waals surface area (Å²) in [6, 6.07) is 10.2. The third-order valence-corrected chi connectivity index (χ3v) is 6.53. The molecule has 0 saturated carbocycles. The quantitative estimate of drug-likeness (QED) is 0.678. The van der Waals surface area contributed by atoms with E-state index in [1.54, 1.807) is 0 Å². The van der Waals surface area contributed by atoms with E-state index in [1.807, 2.05) is 32.9 Å². The number of hydrogen-bond donors (Lipinski definition) is 0. The molecule has 0 aliphatic carbocycles. The summed E-state index contributed by atoms with van der Waals surface area (Å²) in [6.45, 7) is 11.4. The predicted octanol–water partition coefficient (Wildman–Crippen LogP) is 3.57. The molecule has 0 N–H and O–H groups in total. The van der Waals surface area contributed by atoms with E-state index < -0.39 is 5.41 Å². The molecule has 30 heavy (non-hydrogen) atoms. The fraction of sp³-hybridized carbons (Fsp3) is 0.583. The van der Waals surface area contributed by atoms with Crippen molar-refractivity contribution in [2.45, 2.75) is 46.7 Å². The van der Waals surface area contributed by atoms with Crippen LogP contribution in [-0.2, 0) is 22.6 Å². The number of ether oxygens (including phenoxy) is 1. The Morgan fingerprint density at radius 1 is 1.20 bits per heavy atom. The molecular weight excluding hydrogens is 378 g/mol. The maximum absolute atomic E-state index is 13.2. The highest BCUT2D eigenvalue weighted by atomic mass is 16.5. The van der Waals surface area contributed by atoms with Crippen LogP contribution in [0.5, 0.6) is 0 Å². The molecule has 2 aromatic rings. The fourth-order valence-electron chi connectivity index (χ4n) is 5.20. The van der Waals surface area contributed by atoms with Gasteiger partial charge in [0, 0.05) is 37.8 Å². The van der Waals surface area contributed by atoms with E-state index >= 15 is 0 Å². The van der Waals surface area contributed by atoms with Crippen molar-refractivity contribution < 1.29 is 13.9 Å². The highest BCUT2D eigenvalue weighted by Crippen LogP contribution is 2.44. The molecular formula is C24H33N3O3. The fourth-order valence-corrected chi connectivity index (χ4v) is 5.20. The Labute approximate surface area is 179 Å².